The highest BCUT2D eigenvalue weighted by molar-refractivity contribution is 9.10. The number of aryl methyl sites for hydroxylation is 2. The van der Waals surface area contributed by atoms with Crippen LogP contribution in [0.15, 0.2) is 235 Å². The van der Waals surface area contributed by atoms with Crippen molar-refractivity contribution in [2.45, 2.75) is 84.3 Å². The third-order valence-electron chi connectivity index (χ3n) is 18.7. The first-order valence-corrected chi connectivity index (χ1v) is 40.3. The highest BCUT2D eigenvalue weighted by atomic mass is 79.9. The molecule has 0 bridgehead atoms. The molecule has 1 atom stereocenters. The van der Waals surface area contributed by atoms with Gasteiger partial charge in [-0.1, -0.05) is 112 Å². The molecule has 2 fully saturated rings. The Kier molecular flexibility index (Phi) is 26.0. The highest BCUT2D eigenvalue weighted by Crippen LogP contribution is 2.32. The van der Waals surface area contributed by atoms with E-state index in [0.717, 1.165) is 153 Å². The van der Waals surface area contributed by atoms with Gasteiger partial charge in [-0.25, -0.2) is 37.5 Å². The van der Waals surface area contributed by atoms with Gasteiger partial charge in [0.1, 0.15) is 45.9 Å². The van der Waals surface area contributed by atoms with Gasteiger partial charge in [0.15, 0.2) is 5.13 Å². The predicted molar refractivity (Wildman–Crippen MR) is 435 cm³/mol. The number of carbonyl (C=O) groups is 3. The van der Waals surface area contributed by atoms with Crippen LogP contribution in [0.1, 0.15) is 81.8 Å². The molecule has 2 saturated heterocycles. The molecule has 1 unspecified atom stereocenters. The fourth-order valence-corrected chi connectivity index (χ4v) is 15.4. The van der Waals surface area contributed by atoms with Gasteiger partial charge in [-0.15, -0.1) is 11.3 Å². The molecule has 0 saturated carbocycles. The number of anilines is 3. The van der Waals surface area contributed by atoms with Crippen molar-refractivity contribution in [2.75, 3.05) is 47.8 Å². The molecular weight excluding hydrogens is 1510 g/mol. The van der Waals surface area contributed by atoms with Crippen LogP contribution in [0, 0.1) is 25.6 Å². The molecule has 0 radical (unpaired) electrons. The monoisotopic (exact) mass is 1590 g/mol. The highest BCUT2D eigenvalue weighted by Gasteiger charge is 2.29. The number of carbonyl (C=O) groups excluding carboxylic acids is 3. The molecule has 3 aliphatic rings. The van der Waals surface area contributed by atoms with Crippen LogP contribution in [-0.2, 0) is 52.0 Å². The smallest absolute Gasteiger partial charge is 0.267 e. The molecule has 10 heterocycles. The second kappa shape index (κ2) is 37.2. The minimum absolute atomic E-state index is 0.0124. The number of aromatic amines is 1. The van der Waals surface area contributed by atoms with Crippen LogP contribution in [0.25, 0.3) is 45.3 Å². The van der Waals surface area contributed by atoms with E-state index in [1.54, 1.807) is 72.8 Å². The van der Waals surface area contributed by atoms with Crippen LogP contribution in [0.3, 0.4) is 0 Å². The number of benzene rings is 5. The van der Waals surface area contributed by atoms with Crippen LogP contribution >= 0.6 is 38.8 Å². The van der Waals surface area contributed by atoms with E-state index in [2.05, 4.69) is 103 Å². The Hall–Kier alpha value is -11.4. The van der Waals surface area contributed by atoms with Crippen molar-refractivity contribution in [1.29, 1.82) is 0 Å². The van der Waals surface area contributed by atoms with Gasteiger partial charge >= 0.3 is 0 Å². The summed E-state index contributed by atoms with van der Waals surface area (Å²) >= 11 is 6.32. The number of H-pyrrole nitrogens is 1. The van der Waals surface area contributed by atoms with Crippen molar-refractivity contribution in [3.63, 3.8) is 0 Å². The number of pyridine rings is 2. The molecule has 3 amide bonds. The average molecular weight is 1590 g/mol. The minimum Gasteiger partial charge on any atom is -0.439 e. The lowest BCUT2D eigenvalue weighted by Crippen LogP contribution is -2.38. The second-order valence-electron chi connectivity index (χ2n) is 26.7. The van der Waals surface area contributed by atoms with E-state index in [-0.39, 0.29) is 42.0 Å². The molecule has 2 aliphatic heterocycles. The summed E-state index contributed by atoms with van der Waals surface area (Å²) in [5, 5.41) is 20.0. The molecule has 1 aliphatic carbocycles. The molecular formula is C83H82BrFN16O6S3. The molecule has 27 heteroatoms. The first-order valence-electron chi connectivity index (χ1n) is 36.3. The SMILES string of the molecule is Cc1cc(NC(=O)C2CCN(c3cc(-n4ccc5ccccc54)ncn3)CC2)sn1.Cc1ccc(/C=C/S(=O)(=O)NCCn2nc(-c3ccccn3)c3c2CCCC3)cc1.O=C(Cc1ccc(Br)cc1)NCc1cccc(Oc2ccccn2)c1.O=C(NC1CCN(c2nccs2)C1)c1cc(-c2ccc(F)cc2)c[nH]1. The van der Waals surface area contributed by atoms with Crippen LogP contribution in [0.4, 0.5) is 20.3 Å². The maximum Gasteiger partial charge on any atom is 0.267 e. The number of nitrogens with one attached hydrogen (secondary N) is 5. The number of hydrogen-bond acceptors (Lipinski definition) is 17. The zero-order valence-corrected chi connectivity index (χ0v) is 64.7. The van der Waals surface area contributed by atoms with E-state index in [9.17, 15) is 27.2 Å². The van der Waals surface area contributed by atoms with Gasteiger partial charge in [0.25, 0.3) is 5.91 Å². The Bertz CT molecular complexity index is 5350. The van der Waals surface area contributed by atoms with Gasteiger partial charge in [-0.2, -0.15) is 9.47 Å². The summed E-state index contributed by atoms with van der Waals surface area (Å²) in [4.78, 5) is 66.4. The molecule has 0 spiro atoms. The number of thiazole rings is 1. The van der Waals surface area contributed by atoms with Gasteiger partial charge in [0, 0.05) is 121 Å². The third kappa shape index (κ3) is 21.3. The Balaban J connectivity index is 0.000000129. The minimum atomic E-state index is -3.51. The molecule has 5 aromatic carbocycles. The molecule has 22 nitrogen and oxygen atoms in total. The van der Waals surface area contributed by atoms with Crippen molar-refractivity contribution in [3.8, 4) is 40.0 Å². The van der Waals surface area contributed by atoms with E-state index < -0.39 is 10.0 Å². The average Bonchev–Trinajstić information content (AvgIpc) is 1.64. The first-order chi connectivity index (χ1) is 53.6. The largest absolute Gasteiger partial charge is 0.439 e. The van der Waals surface area contributed by atoms with Crippen LogP contribution in [-0.4, -0.2) is 114 Å². The lowest BCUT2D eigenvalue weighted by molar-refractivity contribution is -0.121. The lowest BCUT2D eigenvalue weighted by atomic mass is 9.95. The van der Waals surface area contributed by atoms with Gasteiger partial charge in [0.05, 0.1) is 29.9 Å². The van der Waals surface area contributed by atoms with E-state index in [1.807, 2.05) is 157 Å². The van der Waals surface area contributed by atoms with Crippen molar-refractivity contribution >= 4 is 99.5 Å². The summed E-state index contributed by atoms with van der Waals surface area (Å²) in [6, 6.07) is 56.8. The normalized spacial score (nSPS) is 14.1. The number of hydrogen-bond donors (Lipinski definition) is 5. The van der Waals surface area contributed by atoms with Crippen molar-refractivity contribution in [3.05, 3.63) is 285 Å². The van der Waals surface area contributed by atoms with Crippen LogP contribution < -0.4 is 35.2 Å². The standard InChI is InChI=1S/C23H26N4O2S.C22H22N6OS.C20H17BrN2O2.C18H17FN4OS/c1-18-9-11-19(12-10-18)13-17-30(28,29)25-15-16-27-22-8-3-2-6-20(22)23(26-27)21-7-4-5-14-24-21;1-15-12-21(30-26-15)25-22(29)17-6-9-27(10-7-17)19-13-20(24-14-23-19)28-11-8-16-4-2-3-5-18(16)28;21-17-9-7-15(8-10-17)13-19(24)23-14-16-4-3-5-18(12-16)25-20-6-1-2-11-22-20;19-14-3-1-12(2-4-14)13-9-16(21-10-13)17(24)22-15-5-7-23(11-15)18-20-6-8-25-18/h4-5,7,9-14,17,25H,2-3,6,8,15-16H2,1H3;2-5,8,11-14,17H,6-7,9-10H2,1H3,(H,25,29);1-12H,13-14H2,(H,23,24);1-4,6,8-10,15,21H,5,7,11H2,(H,22,24)/b17-13+;;;. The van der Waals surface area contributed by atoms with Crippen LogP contribution in [0.2, 0.25) is 0 Å². The number of halogens is 2. The number of amides is 3. The van der Waals surface area contributed by atoms with Gasteiger partial charge in [-0.05, 0) is 188 Å². The summed E-state index contributed by atoms with van der Waals surface area (Å²) in [7, 11) is -3.51. The van der Waals surface area contributed by atoms with E-state index in [0.29, 0.717) is 36.8 Å². The molecule has 5 N–H and O–H groups in total. The summed E-state index contributed by atoms with van der Waals surface area (Å²) in [5.74, 6) is 2.66. The lowest BCUT2D eigenvalue weighted by Gasteiger charge is -2.32. The quantitative estimate of drug-likeness (QED) is 0.0448. The van der Waals surface area contributed by atoms with Crippen molar-refractivity contribution < 1.29 is 31.9 Å². The summed E-state index contributed by atoms with van der Waals surface area (Å²) in [6.07, 6.45) is 19.4. The Morgan fingerprint density at radius 2 is 1.51 bits per heavy atom. The molecule has 562 valence electrons. The number of para-hydroxylation sites is 1. The van der Waals surface area contributed by atoms with E-state index in [4.69, 9.17) is 9.84 Å². The number of sulfonamides is 1. The molecule has 16 rings (SSSR count). The molecule has 110 heavy (non-hydrogen) atoms. The van der Waals surface area contributed by atoms with Gasteiger partial charge in [0.2, 0.25) is 27.7 Å². The molecule has 8 aromatic heterocycles. The first kappa shape index (κ1) is 76.8. The fraction of sp³-hybridized carbons (Fsp3) is 0.229. The Labute approximate surface area is 654 Å². The predicted octanol–water partition coefficient (Wildman–Crippen LogP) is 15.5. The summed E-state index contributed by atoms with van der Waals surface area (Å²) in [5.41, 5.74) is 12.5. The second-order valence-corrected chi connectivity index (χ2v) is 30.9. The fourth-order valence-electron chi connectivity index (χ4n) is 13.0. The summed E-state index contributed by atoms with van der Waals surface area (Å²) < 4.78 is 55.3. The topological polar surface area (TPSA) is 265 Å². The zero-order valence-electron chi connectivity index (χ0n) is 60.6. The number of nitrogens with zero attached hydrogens (tertiary/aromatic N) is 11. The Morgan fingerprint density at radius 1 is 0.736 bits per heavy atom. The molecule has 13 aromatic rings. The van der Waals surface area contributed by atoms with E-state index >= 15 is 0 Å². The maximum atomic E-state index is 13.0. The van der Waals surface area contributed by atoms with E-state index in [1.165, 1.54) is 45.7 Å². The zero-order chi connectivity index (χ0) is 76.2. The maximum absolute atomic E-state index is 13.0. The van der Waals surface area contributed by atoms with Gasteiger partial charge in [-0.3, -0.25) is 24.0 Å². The van der Waals surface area contributed by atoms with Crippen molar-refractivity contribution in [1.82, 2.24) is 64.0 Å². The Morgan fingerprint density at radius 3 is 2.27 bits per heavy atom. The van der Waals surface area contributed by atoms with Gasteiger partial charge < -0.3 is 40.0 Å². The number of ether oxygens (including phenoxy) is 1. The third-order valence-corrected chi connectivity index (χ3v) is 22.0. The number of fused-ring (bicyclic) bond motifs is 2. The van der Waals surface area contributed by atoms with Crippen molar-refractivity contribution in [2.24, 2.45) is 5.92 Å². The number of rotatable bonds is 21. The number of piperidine rings is 1. The summed E-state index contributed by atoms with van der Waals surface area (Å²) in [6.45, 7) is 8.41. The van der Waals surface area contributed by atoms with Crippen LogP contribution in [0.5, 0.6) is 11.6 Å². The number of aromatic nitrogens is 10.